The van der Waals surface area contributed by atoms with Crippen molar-refractivity contribution in [1.29, 1.82) is 0 Å². The molecule has 0 spiro atoms. The standard InChI is InChI=1S/C30H58O2/c1-2-3-4-5-6-7-8-9-10-11-12-13-14-15-16-17-18-19-20-21-22-23-24-25-26-27-28-29-30(31)32/h17-18H,2-16,19-29H2,1H3,(H,31,32). The fourth-order valence-electron chi connectivity index (χ4n) is 4.47. The van der Waals surface area contributed by atoms with Gasteiger partial charge in [0.15, 0.2) is 0 Å². The number of aliphatic carboxylic acids is 1. The molecule has 0 unspecified atom stereocenters. The summed E-state index contributed by atoms with van der Waals surface area (Å²) in [6.07, 6.45) is 39.0. The van der Waals surface area contributed by atoms with E-state index < -0.39 is 5.97 Å². The summed E-state index contributed by atoms with van der Waals surface area (Å²) < 4.78 is 0. The maximum Gasteiger partial charge on any atom is 0.303 e. The van der Waals surface area contributed by atoms with E-state index in [9.17, 15) is 4.79 Å². The van der Waals surface area contributed by atoms with E-state index in [-0.39, 0.29) is 0 Å². The normalized spacial score (nSPS) is 11.5. The molecular weight excluding hydrogens is 392 g/mol. The first-order valence-electron chi connectivity index (χ1n) is 14.6. The fraction of sp³-hybridized carbons (Fsp3) is 0.900. The third-order valence-corrected chi connectivity index (χ3v) is 6.65. The van der Waals surface area contributed by atoms with E-state index in [0.717, 1.165) is 12.8 Å². The van der Waals surface area contributed by atoms with Gasteiger partial charge in [0, 0.05) is 6.42 Å². The van der Waals surface area contributed by atoms with Crippen LogP contribution >= 0.6 is 0 Å². The van der Waals surface area contributed by atoms with Gasteiger partial charge in [-0.05, 0) is 32.1 Å². The molecule has 0 amide bonds. The summed E-state index contributed by atoms with van der Waals surface area (Å²) in [5.74, 6) is -0.654. The molecule has 0 aromatic carbocycles. The van der Waals surface area contributed by atoms with E-state index in [4.69, 9.17) is 5.11 Å². The first-order valence-corrected chi connectivity index (χ1v) is 14.6. The van der Waals surface area contributed by atoms with Crippen LogP contribution in [0, 0.1) is 0 Å². The van der Waals surface area contributed by atoms with Crippen molar-refractivity contribution in [2.45, 2.75) is 174 Å². The van der Waals surface area contributed by atoms with Gasteiger partial charge in [-0.25, -0.2) is 0 Å². The monoisotopic (exact) mass is 450 g/mol. The van der Waals surface area contributed by atoms with Gasteiger partial charge in [-0.2, -0.15) is 0 Å². The molecule has 2 nitrogen and oxygen atoms in total. The summed E-state index contributed by atoms with van der Waals surface area (Å²) in [5.41, 5.74) is 0. The largest absolute Gasteiger partial charge is 0.481 e. The highest BCUT2D eigenvalue weighted by atomic mass is 16.4. The summed E-state index contributed by atoms with van der Waals surface area (Å²) >= 11 is 0. The first kappa shape index (κ1) is 31.2. The predicted octanol–water partition coefficient (Wildman–Crippen LogP) is 10.8. The third-order valence-electron chi connectivity index (χ3n) is 6.65. The van der Waals surface area contributed by atoms with E-state index in [2.05, 4.69) is 19.1 Å². The van der Waals surface area contributed by atoms with Crippen molar-refractivity contribution in [3.63, 3.8) is 0 Å². The lowest BCUT2D eigenvalue weighted by molar-refractivity contribution is -0.137. The molecule has 0 saturated carbocycles. The Morgan fingerprint density at radius 3 is 1.06 bits per heavy atom. The van der Waals surface area contributed by atoms with Gasteiger partial charge in [0.05, 0.1) is 0 Å². The molecular formula is C30H58O2. The predicted molar refractivity (Wildman–Crippen MR) is 142 cm³/mol. The summed E-state index contributed by atoms with van der Waals surface area (Å²) in [7, 11) is 0. The van der Waals surface area contributed by atoms with Crippen LogP contribution in [0.4, 0.5) is 0 Å². The van der Waals surface area contributed by atoms with Crippen LogP contribution in [0.1, 0.15) is 174 Å². The summed E-state index contributed by atoms with van der Waals surface area (Å²) in [5, 5.41) is 8.60. The molecule has 1 N–H and O–H groups in total. The van der Waals surface area contributed by atoms with Crippen LogP contribution in [0.2, 0.25) is 0 Å². The highest BCUT2D eigenvalue weighted by Gasteiger charge is 1.97. The molecule has 0 aromatic rings. The van der Waals surface area contributed by atoms with Crippen LogP contribution in [0.3, 0.4) is 0 Å². The van der Waals surface area contributed by atoms with Crippen LogP contribution in [0.5, 0.6) is 0 Å². The average Bonchev–Trinajstić information content (AvgIpc) is 2.78. The van der Waals surface area contributed by atoms with Gasteiger partial charge in [0.2, 0.25) is 0 Å². The van der Waals surface area contributed by atoms with Crippen molar-refractivity contribution in [2.24, 2.45) is 0 Å². The third kappa shape index (κ3) is 29.2. The van der Waals surface area contributed by atoms with Crippen molar-refractivity contribution in [2.75, 3.05) is 0 Å². The second-order valence-electron chi connectivity index (χ2n) is 9.97. The average molecular weight is 451 g/mol. The molecule has 0 aliphatic carbocycles. The Balaban J connectivity index is 3.08. The molecule has 32 heavy (non-hydrogen) atoms. The van der Waals surface area contributed by atoms with Crippen molar-refractivity contribution in [3.05, 3.63) is 12.2 Å². The number of carboxylic acid groups (broad SMARTS) is 1. The van der Waals surface area contributed by atoms with Gasteiger partial charge in [0.1, 0.15) is 0 Å². The lowest BCUT2D eigenvalue weighted by Crippen LogP contribution is -1.93. The molecule has 0 aromatic heterocycles. The second kappa shape index (κ2) is 28.2. The summed E-state index contributed by atoms with van der Waals surface area (Å²) in [6.45, 7) is 2.29. The van der Waals surface area contributed by atoms with E-state index in [1.807, 2.05) is 0 Å². The van der Waals surface area contributed by atoms with Gasteiger partial charge in [-0.3, -0.25) is 4.79 Å². The Hall–Kier alpha value is -0.790. The lowest BCUT2D eigenvalue weighted by atomic mass is 10.0. The Labute approximate surface area is 202 Å². The number of carbonyl (C=O) groups is 1. The Kier molecular flexibility index (Phi) is 27.5. The number of carboxylic acids is 1. The Morgan fingerprint density at radius 1 is 0.469 bits per heavy atom. The summed E-state index contributed by atoms with van der Waals surface area (Å²) in [6, 6.07) is 0. The SMILES string of the molecule is CCCCCCCCCCCCCCCCC=CCCCCCCCCCCCC(=O)O. The maximum absolute atomic E-state index is 10.4. The zero-order valence-corrected chi connectivity index (χ0v) is 21.9. The van der Waals surface area contributed by atoms with Crippen LogP contribution in [0.25, 0.3) is 0 Å². The first-order chi connectivity index (χ1) is 15.8. The van der Waals surface area contributed by atoms with Crippen molar-refractivity contribution < 1.29 is 9.90 Å². The van der Waals surface area contributed by atoms with Gasteiger partial charge < -0.3 is 5.11 Å². The topological polar surface area (TPSA) is 37.3 Å². The Bertz CT molecular complexity index is 388. The summed E-state index contributed by atoms with van der Waals surface area (Å²) in [4.78, 5) is 10.4. The molecule has 0 rings (SSSR count). The van der Waals surface area contributed by atoms with Crippen LogP contribution in [-0.2, 0) is 4.79 Å². The number of hydrogen-bond acceptors (Lipinski definition) is 1. The van der Waals surface area contributed by atoms with Crippen molar-refractivity contribution in [3.8, 4) is 0 Å². The van der Waals surface area contributed by atoms with Gasteiger partial charge in [-0.15, -0.1) is 0 Å². The molecule has 0 heterocycles. The lowest BCUT2D eigenvalue weighted by Gasteiger charge is -2.03. The van der Waals surface area contributed by atoms with Gasteiger partial charge in [-0.1, -0.05) is 147 Å². The molecule has 0 radical (unpaired) electrons. The molecule has 0 bridgehead atoms. The van der Waals surface area contributed by atoms with E-state index in [0.29, 0.717) is 6.42 Å². The highest BCUT2D eigenvalue weighted by molar-refractivity contribution is 5.66. The minimum atomic E-state index is -0.654. The van der Waals surface area contributed by atoms with Crippen LogP contribution in [-0.4, -0.2) is 11.1 Å². The van der Waals surface area contributed by atoms with Crippen LogP contribution in [0.15, 0.2) is 12.2 Å². The molecule has 0 saturated heterocycles. The maximum atomic E-state index is 10.4. The molecule has 190 valence electrons. The molecule has 0 aliphatic heterocycles. The minimum Gasteiger partial charge on any atom is -0.481 e. The van der Waals surface area contributed by atoms with Gasteiger partial charge >= 0.3 is 5.97 Å². The highest BCUT2D eigenvalue weighted by Crippen LogP contribution is 2.14. The fourth-order valence-corrected chi connectivity index (χ4v) is 4.47. The second-order valence-corrected chi connectivity index (χ2v) is 9.97. The number of unbranched alkanes of at least 4 members (excludes halogenated alkanes) is 23. The van der Waals surface area contributed by atoms with E-state index in [1.54, 1.807) is 0 Å². The zero-order chi connectivity index (χ0) is 23.4. The molecule has 0 fully saturated rings. The number of hydrogen-bond donors (Lipinski definition) is 1. The molecule has 0 atom stereocenters. The molecule has 0 aliphatic rings. The minimum absolute atomic E-state index is 0.340. The smallest absolute Gasteiger partial charge is 0.303 e. The van der Waals surface area contributed by atoms with E-state index in [1.165, 1.54) is 148 Å². The zero-order valence-electron chi connectivity index (χ0n) is 21.9. The van der Waals surface area contributed by atoms with Crippen LogP contribution < -0.4 is 0 Å². The van der Waals surface area contributed by atoms with Crippen molar-refractivity contribution >= 4 is 5.97 Å². The van der Waals surface area contributed by atoms with Gasteiger partial charge in [0.25, 0.3) is 0 Å². The number of allylic oxidation sites excluding steroid dienone is 2. The quantitative estimate of drug-likeness (QED) is 0.0997. The number of rotatable bonds is 27. The van der Waals surface area contributed by atoms with Crippen molar-refractivity contribution in [1.82, 2.24) is 0 Å². The Morgan fingerprint density at radius 2 is 0.750 bits per heavy atom. The molecule has 2 heteroatoms. The van der Waals surface area contributed by atoms with E-state index >= 15 is 0 Å².